The topological polar surface area (TPSA) is 9.23 Å². The molecule has 0 saturated heterocycles. The summed E-state index contributed by atoms with van der Waals surface area (Å²) in [6.07, 6.45) is 4.76. The molecule has 0 aromatic heterocycles. The molecule has 5 aromatic carbocycles. The average Bonchev–Trinajstić information content (AvgIpc) is 2.99. The van der Waals surface area contributed by atoms with Gasteiger partial charge in [0.2, 0.25) is 0 Å². The standard InChI is InChI=1S/C36H30O/c1-37-34-24-14-23-32(25-34)33(26-35(28-15-6-2-7-16-28)29-17-8-3-9-18-29)27-36(30-19-10-4-11-20-30)31-21-12-5-13-22-31/h2-27,33H,1H3. The van der Waals surface area contributed by atoms with E-state index in [1.165, 1.54) is 39.0 Å². The van der Waals surface area contributed by atoms with Crippen molar-refractivity contribution in [2.24, 2.45) is 0 Å². The van der Waals surface area contributed by atoms with Crippen molar-refractivity contribution in [2.45, 2.75) is 5.92 Å². The van der Waals surface area contributed by atoms with E-state index >= 15 is 0 Å². The largest absolute Gasteiger partial charge is 0.497 e. The van der Waals surface area contributed by atoms with Crippen molar-refractivity contribution >= 4 is 11.1 Å². The lowest BCUT2D eigenvalue weighted by molar-refractivity contribution is 0.414. The third-order valence-electron chi connectivity index (χ3n) is 6.51. The molecule has 0 amide bonds. The molecular formula is C36H30O. The first-order valence-corrected chi connectivity index (χ1v) is 12.6. The van der Waals surface area contributed by atoms with E-state index in [-0.39, 0.29) is 5.92 Å². The molecule has 0 saturated carbocycles. The second-order valence-corrected chi connectivity index (χ2v) is 8.93. The molecule has 0 bridgehead atoms. The van der Waals surface area contributed by atoms with Gasteiger partial charge in [0.1, 0.15) is 5.75 Å². The molecule has 37 heavy (non-hydrogen) atoms. The SMILES string of the molecule is COc1cccc(C(C=C(c2ccccc2)c2ccccc2)C=C(c2ccccc2)c2ccccc2)c1. The number of allylic oxidation sites excluding steroid dienone is 2. The lowest BCUT2D eigenvalue weighted by Crippen LogP contribution is -1.99. The van der Waals surface area contributed by atoms with E-state index in [2.05, 4.69) is 152 Å². The number of hydrogen-bond donors (Lipinski definition) is 0. The fraction of sp³-hybridized carbons (Fsp3) is 0.0556. The summed E-state index contributed by atoms with van der Waals surface area (Å²) in [6.45, 7) is 0. The van der Waals surface area contributed by atoms with Crippen LogP contribution in [0.5, 0.6) is 5.75 Å². The van der Waals surface area contributed by atoms with Gasteiger partial charge in [-0.2, -0.15) is 0 Å². The third kappa shape index (κ3) is 5.97. The van der Waals surface area contributed by atoms with E-state index in [1.54, 1.807) is 7.11 Å². The Bertz CT molecular complexity index is 1290. The van der Waals surface area contributed by atoms with Gasteiger partial charge < -0.3 is 4.74 Å². The second kappa shape index (κ2) is 11.9. The van der Waals surface area contributed by atoms with Crippen LogP contribution in [0.25, 0.3) is 11.1 Å². The first kappa shape index (κ1) is 24.1. The Hall–Kier alpha value is -4.62. The molecule has 0 unspecified atom stereocenters. The molecule has 0 atom stereocenters. The van der Waals surface area contributed by atoms with Gasteiger partial charge in [0, 0.05) is 5.92 Å². The van der Waals surface area contributed by atoms with Crippen LogP contribution in [-0.4, -0.2) is 7.11 Å². The van der Waals surface area contributed by atoms with Crippen LogP contribution in [0, 0.1) is 0 Å². The van der Waals surface area contributed by atoms with Gasteiger partial charge >= 0.3 is 0 Å². The maximum absolute atomic E-state index is 5.61. The van der Waals surface area contributed by atoms with Crippen LogP contribution in [0.2, 0.25) is 0 Å². The van der Waals surface area contributed by atoms with E-state index in [1.807, 2.05) is 6.07 Å². The smallest absolute Gasteiger partial charge is 0.119 e. The number of ether oxygens (including phenoxy) is 1. The van der Waals surface area contributed by atoms with Crippen LogP contribution in [0.4, 0.5) is 0 Å². The minimum Gasteiger partial charge on any atom is -0.497 e. The molecular weight excluding hydrogens is 448 g/mol. The van der Waals surface area contributed by atoms with Gasteiger partial charge in [0.05, 0.1) is 7.11 Å². The van der Waals surface area contributed by atoms with Crippen molar-refractivity contribution in [1.82, 2.24) is 0 Å². The zero-order valence-electron chi connectivity index (χ0n) is 21.0. The molecule has 0 radical (unpaired) electrons. The molecule has 0 fully saturated rings. The number of rotatable bonds is 8. The first-order chi connectivity index (χ1) is 18.3. The highest BCUT2D eigenvalue weighted by atomic mass is 16.5. The van der Waals surface area contributed by atoms with E-state index in [0.29, 0.717) is 0 Å². The van der Waals surface area contributed by atoms with Crippen LogP contribution in [0.3, 0.4) is 0 Å². The van der Waals surface area contributed by atoms with Crippen molar-refractivity contribution in [3.05, 3.63) is 186 Å². The highest BCUT2D eigenvalue weighted by molar-refractivity contribution is 5.83. The number of methoxy groups -OCH3 is 1. The van der Waals surface area contributed by atoms with Gasteiger partial charge in [0.25, 0.3) is 0 Å². The van der Waals surface area contributed by atoms with Crippen LogP contribution in [0.15, 0.2) is 158 Å². The van der Waals surface area contributed by atoms with E-state index < -0.39 is 0 Å². The Morgan fingerprint density at radius 1 is 0.486 bits per heavy atom. The third-order valence-corrected chi connectivity index (χ3v) is 6.51. The number of benzene rings is 5. The predicted octanol–water partition coefficient (Wildman–Crippen LogP) is 9.04. The Balaban J connectivity index is 1.75. The Morgan fingerprint density at radius 2 is 0.865 bits per heavy atom. The lowest BCUT2D eigenvalue weighted by atomic mass is 9.86. The molecule has 0 heterocycles. The van der Waals surface area contributed by atoms with Crippen LogP contribution < -0.4 is 4.74 Å². The maximum atomic E-state index is 5.61. The quantitative estimate of drug-likeness (QED) is 0.216. The highest BCUT2D eigenvalue weighted by Gasteiger charge is 2.15. The summed E-state index contributed by atoms with van der Waals surface area (Å²) in [5.74, 6) is 0.854. The first-order valence-electron chi connectivity index (χ1n) is 12.6. The fourth-order valence-electron chi connectivity index (χ4n) is 4.64. The van der Waals surface area contributed by atoms with Crippen molar-refractivity contribution < 1.29 is 4.74 Å². The van der Waals surface area contributed by atoms with Gasteiger partial charge in [0.15, 0.2) is 0 Å². The lowest BCUT2D eigenvalue weighted by Gasteiger charge is -2.18. The molecule has 1 nitrogen and oxygen atoms in total. The Labute approximate surface area is 220 Å². The van der Waals surface area contributed by atoms with Crippen LogP contribution in [-0.2, 0) is 0 Å². The average molecular weight is 479 g/mol. The van der Waals surface area contributed by atoms with E-state index in [4.69, 9.17) is 4.74 Å². The van der Waals surface area contributed by atoms with Crippen molar-refractivity contribution in [2.75, 3.05) is 7.11 Å². The molecule has 180 valence electrons. The minimum absolute atomic E-state index is 0.000856. The summed E-state index contributed by atoms with van der Waals surface area (Å²) in [4.78, 5) is 0. The summed E-state index contributed by atoms with van der Waals surface area (Å²) in [7, 11) is 1.72. The molecule has 0 N–H and O–H groups in total. The predicted molar refractivity (Wildman–Crippen MR) is 156 cm³/mol. The molecule has 0 spiro atoms. The van der Waals surface area contributed by atoms with Gasteiger partial charge in [-0.15, -0.1) is 0 Å². The van der Waals surface area contributed by atoms with Gasteiger partial charge in [-0.1, -0.05) is 146 Å². The number of hydrogen-bond acceptors (Lipinski definition) is 1. The van der Waals surface area contributed by atoms with Gasteiger partial charge in [-0.3, -0.25) is 0 Å². The molecule has 0 aliphatic rings. The summed E-state index contributed by atoms with van der Waals surface area (Å²) in [6, 6.07) is 50.9. The van der Waals surface area contributed by atoms with Crippen LogP contribution in [0.1, 0.15) is 33.7 Å². The van der Waals surface area contributed by atoms with Crippen molar-refractivity contribution in [1.29, 1.82) is 0 Å². The fourth-order valence-corrected chi connectivity index (χ4v) is 4.64. The molecule has 5 rings (SSSR count). The molecule has 0 aliphatic heterocycles. The Morgan fingerprint density at radius 3 is 1.22 bits per heavy atom. The van der Waals surface area contributed by atoms with E-state index in [9.17, 15) is 0 Å². The highest BCUT2D eigenvalue weighted by Crippen LogP contribution is 2.34. The van der Waals surface area contributed by atoms with Gasteiger partial charge in [-0.05, 0) is 51.1 Å². The van der Waals surface area contributed by atoms with E-state index in [0.717, 1.165) is 5.75 Å². The summed E-state index contributed by atoms with van der Waals surface area (Å²) < 4.78 is 5.61. The summed E-state index contributed by atoms with van der Waals surface area (Å²) in [5.41, 5.74) is 8.34. The Kier molecular flexibility index (Phi) is 7.73. The zero-order chi connectivity index (χ0) is 25.3. The molecule has 0 aliphatic carbocycles. The monoisotopic (exact) mass is 478 g/mol. The van der Waals surface area contributed by atoms with Crippen LogP contribution >= 0.6 is 0 Å². The summed E-state index contributed by atoms with van der Waals surface area (Å²) in [5, 5.41) is 0. The van der Waals surface area contributed by atoms with Crippen molar-refractivity contribution in [3.63, 3.8) is 0 Å². The van der Waals surface area contributed by atoms with Gasteiger partial charge in [-0.25, -0.2) is 0 Å². The summed E-state index contributed by atoms with van der Waals surface area (Å²) >= 11 is 0. The maximum Gasteiger partial charge on any atom is 0.119 e. The normalized spacial score (nSPS) is 10.5. The van der Waals surface area contributed by atoms with Crippen molar-refractivity contribution in [3.8, 4) is 5.75 Å². The zero-order valence-corrected chi connectivity index (χ0v) is 21.0. The second-order valence-electron chi connectivity index (χ2n) is 8.93. The minimum atomic E-state index is 0.000856. The molecule has 1 heteroatoms. The molecule has 5 aromatic rings.